The van der Waals surface area contributed by atoms with Gasteiger partial charge in [-0.15, -0.1) is 0 Å². The van der Waals surface area contributed by atoms with Gasteiger partial charge in [0, 0.05) is 34.5 Å². The second-order valence-corrected chi connectivity index (χ2v) is 8.06. The third-order valence-corrected chi connectivity index (χ3v) is 4.13. The van der Waals surface area contributed by atoms with Gasteiger partial charge >= 0.3 is 0 Å². The predicted octanol–water partition coefficient (Wildman–Crippen LogP) is 3.83. The van der Waals surface area contributed by atoms with Gasteiger partial charge in [0.15, 0.2) is 11.4 Å². The molecule has 0 aliphatic rings. The van der Waals surface area contributed by atoms with Crippen LogP contribution in [-0.2, 0) is 5.41 Å². The molecule has 132 valence electrons. The fourth-order valence-corrected chi connectivity index (χ4v) is 2.70. The van der Waals surface area contributed by atoms with Crippen LogP contribution in [0.25, 0.3) is 11.0 Å². The normalized spacial score (nSPS) is 12.5. The predicted molar refractivity (Wildman–Crippen MR) is 98.7 cm³/mol. The molecule has 0 N–H and O–H groups in total. The molecular formula is C19H30N4O. The molecule has 0 aliphatic carbocycles. The highest BCUT2D eigenvalue weighted by atomic mass is 16.1. The van der Waals surface area contributed by atoms with Crippen LogP contribution in [0, 0.1) is 0 Å². The quantitative estimate of drug-likeness (QED) is 0.755. The van der Waals surface area contributed by atoms with Crippen molar-refractivity contribution >= 4 is 16.8 Å². The number of hydrogen-bond acceptors (Lipinski definition) is 4. The summed E-state index contributed by atoms with van der Waals surface area (Å²) in [6.07, 6.45) is 3.19. The summed E-state index contributed by atoms with van der Waals surface area (Å²) in [5.41, 5.74) is 2.40. The summed E-state index contributed by atoms with van der Waals surface area (Å²) < 4.78 is 1.90. The molecule has 0 saturated heterocycles. The maximum atomic E-state index is 12.8. The first-order valence-corrected chi connectivity index (χ1v) is 8.68. The van der Waals surface area contributed by atoms with Crippen LogP contribution in [0.2, 0.25) is 0 Å². The molecule has 0 fully saturated rings. The first-order valence-electron chi connectivity index (χ1n) is 8.68. The van der Waals surface area contributed by atoms with Crippen LogP contribution in [0.3, 0.4) is 0 Å². The van der Waals surface area contributed by atoms with Gasteiger partial charge in [-0.05, 0) is 47.0 Å². The van der Waals surface area contributed by atoms with Gasteiger partial charge in [0.2, 0.25) is 0 Å². The van der Waals surface area contributed by atoms with E-state index in [1.807, 2.05) is 24.8 Å². The summed E-state index contributed by atoms with van der Waals surface area (Å²) in [5, 5.41) is 5.33. The van der Waals surface area contributed by atoms with Crippen LogP contribution in [-0.4, -0.2) is 46.1 Å². The number of carbonyl (C=O) groups excluding carboxylic acids is 1. The van der Waals surface area contributed by atoms with Crippen LogP contribution in [0.4, 0.5) is 0 Å². The van der Waals surface area contributed by atoms with Gasteiger partial charge in [0.25, 0.3) is 0 Å². The zero-order chi connectivity index (χ0) is 18.1. The van der Waals surface area contributed by atoms with E-state index in [2.05, 4.69) is 44.6 Å². The Kier molecular flexibility index (Phi) is 5.43. The molecule has 2 rings (SSSR count). The Hall–Kier alpha value is -1.75. The average molecular weight is 330 g/mol. The number of fused-ring (bicyclic) bond motifs is 1. The number of aromatic nitrogens is 3. The largest absolute Gasteiger partial charge is 0.309 e. The Morgan fingerprint density at radius 3 is 2.50 bits per heavy atom. The second-order valence-electron chi connectivity index (χ2n) is 8.06. The number of hydrogen-bond donors (Lipinski definition) is 0. The number of carbonyl (C=O) groups is 1. The Balaban J connectivity index is 2.49. The first kappa shape index (κ1) is 18.6. The summed E-state index contributed by atoms with van der Waals surface area (Å²) in [4.78, 5) is 19.7. The summed E-state index contributed by atoms with van der Waals surface area (Å²) in [7, 11) is 4.05. The standard InChI is InChI=1S/C19H30N4O/c1-13(2)23-18-15(12-20-23)14(11-17(21-18)19(3,4)5)16(24)9-8-10-22(6)7/h11-13H,8-10H2,1-7H3. The van der Waals surface area contributed by atoms with Crippen LogP contribution in [0.15, 0.2) is 12.3 Å². The van der Waals surface area contributed by atoms with Gasteiger partial charge in [-0.2, -0.15) is 5.10 Å². The van der Waals surface area contributed by atoms with Crippen molar-refractivity contribution in [2.75, 3.05) is 20.6 Å². The molecule has 5 heteroatoms. The van der Waals surface area contributed by atoms with E-state index in [0.29, 0.717) is 6.42 Å². The number of ketones is 1. The lowest BCUT2D eigenvalue weighted by atomic mass is 9.89. The minimum Gasteiger partial charge on any atom is -0.309 e. The van der Waals surface area contributed by atoms with E-state index in [9.17, 15) is 4.79 Å². The van der Waals surface area contributed by atoms with Crippen LogP contribution < -0.4 is 0 Å². The van der Waals surface area contributed by atoms with Gasteiger partial charge in [-0.25, -0.2) is 9.67 Å². The summed E-state index contributed by atoms with van der Waals surface area (Å²) in [6.45, 7) is 11.4. The van der Waals surface area contributed by atoms with Gasteiger partial charge in [0.05, 0.1) is 6.20 Å². The number of nitrogens with zero attached hydrogens (tertiary/aromatic N) is 4. The zero-order valence-electron chi connectivity index (χ0n) is 16.1. The topological polar surface area (TPSA) is 51.0 Å². The number of Topliss-reactive ketones (excluding diaryl/α,β-unsaturated/α-hetero) is 1. The molecule has 0 amide bonds. The maximum Gasteiger partial charge on any atom is 0.163 e. The molecule has 24 heavy (non-hydrogen) atoms. The lowest BCUT2D eigenvalue weighted by molar-refractivity contribution is 0.0978. The second kappa shape index (κ2) is 7.01. The summed E-state index contributed by atoms with van der Waals surface area (Å²) in [6, 6.07) is 2.18. The van der Waals surface area contributed by atoms with E-state index < -0.39 is 0 Å². The molecule has 2 aromatic rings. The SMILES string of the molecule is CC(C)n1ncc2c(C(=O)CCCN(C)C)cc(C(C)(C)C)nc21. The third-order valence-electron chi connectivity index (χ3n) is 4.13. The van der Waals surface area contributed by atoms with E-state index in [-0.39, 0.29) is 17.2 Å². The first-order chi connectivity index (χ1) is 11.1. The average Bonchev–Trinajstić information content (AvgIpc) is 2.88. The van der Waals surface area contributed by atoms with Gasteiger partial charge in [-0.1, -0.05) is 20.8 Å². The highest BCUT2D eigenvalue weighted by molar-refractivity contribution is 6.06. The molecule has 0 saturated carbocycles. The van der Waals surface area contributed by atoms with Crippen molar-refractivity contribution in [1.82, 2.24) is 19.7 Å². The van der Waals surface area contributed by atoms with Gasteiger partial charge in [-0.3, -0.25) is 4.79 Å². The highest BCUT2D eigenvalue weighted by Gasteiger charge is 2.23. The molecule has 0 atom stereocenters. The molecule has 0 aromatic carbocycles. The monoisotopic (exact) mass is 330 g/mol. The Morgan fingerprint density at radius 1 is 1.29 bits per heavy atom. The lowest BCUT2D eigenvalue weighted by Gasteiger charge is -2.19. The van der Waals surface area contributed by atoms with E-state index in [0.717, 1.165) is 35.3 Å². The number of rotatable bonds is 6. The van der Waals surface area contributed by atoms with Crippen molar-refractivity contribution in [2.24, 2.45) is 0 Å². The minimum atomic E-state index is -0.112. The maximum absolute atomic E-state index is 12.8. The molecule has 0 aliphatic heterocycles. The van der Waals surface area contributed by atoms with E-state index in [1.165, 1.54) is 0 Å². The van der Waals surface area contributed by atoms with Crippen LogP contribution in [0.5, 0.6) is 0 Å². The van der Waals surface area contributed by atoms with E-state index in [1.54, 1.807) is 6.20 Å². The minimum absolute atomic E-state index is 0.112. The molecule has 0 unspecified atom stereocenters. The third kappa shape index (κ3) is 4.01. The fraction of sp³-hybridized carbons (Fsp3) is 0.632. The Bertz CT molecular complexity index is 723. The van der Waals surface area contributed by atoms with E-state index >= 15 is 0 Å². The zero-order valence-corrected chi connectivity index (χ0v) is 16.1. The van der Waals surface area contributed by atoms with Crippen LogP contribution in [0.1, 0.15) is 69.6 Å². The summed E-state index contributed by atoms with van der Waals surface area (Å²) >= 11 is 0. The van der Waals surface area contributed by atoms with Gasteiger partial charge < -0.3 is 4.90 Å². The van der Waals surface area contributed by atoms with Gasteiger partial charge in [0.1, 0.15) is 0 Å². The van der Waals surface area contributed by atoms with Crippen molar-refractivity contribution in [2.45, 2.75) is 58.9 Å². The lowest BCUT2D eigenvalue weighted by Crippen LogP contribution is -2.17. The molecular weight excluding hydrogens is 300 g/mol. The van der Waals surface area contributed by atoms with Crippen molar-refractivity contribution in [1.29, 1.82) is 0 Å². The van der Waals surface area contributed by atoms with E-state index in [4.69, 9.17) is 4.98 Å². The highest BCUT2D eigenvalue weighted by Crippen LogP contribution is 2.28. The summed E-state index contributed by atoms with van der Waals surface area (Å²) in [5.74, 6) is 0.179. The fourth-order valence-electron chi connectivity index (χ4n) is 2.70. The smallest absolute Gasteiger partial charge is 0.163 e. The van der Waals surface area contributed by atoms with Crippen molar-refractivity contribution in [3.05, 3.63) is 23.5 Å². The molecule has 5 nitrogen and oxygen atoms in total. The Labute approximate surface area is 145 Å². The molecule has 0 radical (unpaired) electrons. The molecule has 0 bridgehead atoms. The van der Waals surface area contributed by atoms with Crippen LogP contribution >= 0.6 is 0 Å². The Morgan fingerprint density at radius 2 is 1.96 bits per heavy atom. The van der Waals surface area contributed by atoms with Crippen molar-refractivity contribution in [3.8, 4) is 0 Å². The van der Waals surface area contributed by atoms with Crippen molar-refractivity contribution in [3.63, 3.8) is 0 Å². The molecule has 2 heterocycles. The van der Waals surface area contributed by atoms with Crippen molar-refractivity contribution < 1.29 is 4.79 Å². The number of pyridine rings is 1. The molecule has 0 spiro atoms. The molecule has 2 aromatic heterocycles.